The minimum absolute atomic E-state index is 0.112. The van der Waals surface area contributed by atoms with Crippen LogP contribution in [0, 0.1) is 11.6 Å². The van der Waals surface area contributed by atoms with Gasteiger partial charge in [-0.15, -0.1) is 11.3 Å². The molecule has 0 radical (unpaired) electrons. The van der Waals surface area contributed by atoms with Crippen molar-refractivity contribution in [1.29, 1.82) is 0 Å². The molecule has 1 aliphatic carbocycles. The third kappa shape index (κ3) is 4.70. The standard InChI is InChI=1S/C30H31F2N3OS/c1-18(2)35-10-11-36-30-24(31)14-21(15-26(30)35)29-25(32)16-33-28(34-29)13-19-8-9-27-22(12-19)23(17-37-27)20-6-4-3-5-7-20/h8-9,12,14-18,20H,3-7,10-11,13H2,1-2H3. The van der Waals surface area contributed by atoms with Crippen molar-refractivity contribution in [2.45, 2.75) is 64.3 Å². The molecule has 1 fully saturated rings. The highest BCUT2D eigenvalue weighted by Gasteiger charge is 2.26. The number of nitrogens with zero attached hydrogens (tertiary/aromatic N) is 3. The van der Waals surface area contributed by atoms with E-state index < -0.39 is 11.6 Å². The van der Waals surface area contributed by atoms with Crippen LogP contribution < -0.4 is 9.64 Å². The van der Waals surface area contributed by atoms with E-state index in [1.54, 1.807) is 6.07 Å². The Morgan fingerprint density at radius 2 is 1.92 bits per heavy atom. The molecule has 0 amide bonds. The Labute approximate surface area is 220 Å². The SMILES string of the molecule is CC(C)N1CCOc2c(F)cc(-c3nc(Cc4ccc5scc(C6CCCCC6)c5c4)ncc3F)cc21. The van der Waals surface area contributed by atoms with Gasteiger partial charge in [0.15, 0.2) is 17.4 Å². The number of halogens is 2. The summed E-state index contributed by atoms with van der Waals surface area (Å²) in [5.74, 6) is 0.301. The maximum Gasteiger partial charge on any atom is 0.178 e. The lowest BCUT2D eigenvalue weighted by atomic mass is 9.84. The van der Waals surface area contributed by atoms with E-state index in [-0.39, 0.29) is 17.5 Å². The van der Waals surface area contributed by atoms with Gasteiger partial charge in [-0.2, -0.15) is 0 Å². The lowest BCUT2D eigenvalue weighted by Crippen LogP contribution is -2.38. The van der Waals surface area contributed by atoms with Crippen molar-refractivity contribution in [2.24, 2.45) is 0 Å². The maximum atomic E-state index is 15.0. The van der Waals surface area contributed by atoms with Gasteiger partial charge in [0.05, 0.1) is 18.4 Å². The van der Waals surface area contributed by atoms with E-state index in [4.69, 9.17) is 4.74 Å². The number of anilines is 1. The van der Waals surface area contributed by atoms with Crippen molar-refractivity contribution < 1.29 is 13.5 Å². The first-order valence-electron chi connectivity index (χ1n) is 13.2. The van der Waals surface area contributed by atoms with Crippen molar-refractivity contribution in [3.05, 3.63) is 70.5 Å². The van der Waals surface area contributed by atoms with Crippen LogP contribution in [0.4, 0.5) is 14.5 Å². The lowest BCUT2D eigenvalue weighted by Gasteiger charge is -2.34. The molecule has 4 aromatic rings. The van der Waals surface area contributed by atoms with Crippen LogP contribution in [0.15, 0.2) is 41.9 Å². The summed E-state index contributed by atoms with van der Waals surface area (Å²) in [6.45, 7) is 5.17. The van der Waals surface area contributed by atoms with E-state index >= 15 is 4.39 Å². The van der Waals surface area contributed by atoms with E-state index in [2.05, 4.69) is 38.4 Å². The minimum atomic E-state index is -0.566. The molecular weight excluding hydrogens is 488 g/mol. The van der Waals surface area contributed by atoms with Gasteiger partial charge < -0.3 is 9.64 Å². The molecule has 2 aromatic heterocycles. The van der Waals surface area contributed by atoms with Gasteiger partial charge in [0.25, 0.3) is 0 Å². The van der Waals surface area contributed by atoms with E-state index in [9.17, 15) is 4.39 Å². The van der Waals surface area contributed by atoms with Gasteiger partial charge in [0.2, 0.25) is 0 Å². The van der Waals surface area contributed by atoms with Crippen molar-refractivity contribution in [2.75, 3.05) is 18.1 Å². The molecule has 6 rings (SSSR count). The van der Waals surface area contributed by atoms with Crippen molar-refractivity contribution >= 4 is 27.1 Å². The molecule has 0 saturated heterocycles. The zero-order valence-electron chi connectivity index (χ0n) is 21.3. The van der Waals surface area contributed by atoms with Gasteiger partial charge >= 0.3 is 0 Å². The molecule has 192 valence electrons. The molecule has 2 aliphatic rings. The highest BCUT2D eigenvalue weighted by molar-refractivity contribution is 7.17. The van der Waals surface area contributed by atoms with Gasteiger partial charge in [-0.3, -0.25) is 0 Å². The third-order valence-corrected chi connectivity index (χ3v) is 8.66. The topological polar surface area (TPSA) is 38.2 Å². The number of hydrogen-bond donors (Lipinski definition) is 0. The molecule has 0 N–H and O–H groups in total. The predicted molar refractivity (Wildman–Crippen MR) is 146 cm³/mol. The van der Waals surface area contributed by atoms with Crippen LogP contribution in [0.1, 0.15) is 68.8 Å². The van der Waals surface area contributed by atoms with Crippen molar-refractivity contribution in [3.63, 3.8) is 0 Å². The highest BCUT2D eigenvalue weighted by Crippen LogP contribution is 2.41. The summed E-state index contributed by atoms with van der Waals surface area (Å²) < 4.78 is 36.9. The fourth-order valence-corrected chi connectivity index (χ4v) is 6.81. The quantitative estimate of drug-likeness (QED) is 0.269. The molecule has 3 heterocycles. The Morgan fingerprint density at radius 3 is 2.73 bits per heavy atom. The molecule has 0 spiro atoms. The number of thiophene rings is 1. The number of hydrogen-bond acceptors (Lipinski definition) is 5. The summed E-state index contributed by atoms with van der Waals surface area (Å²) >= 11 is 1.81. The first-order chi connectivity index (χ1) is 18.0. The Balaban J connectivity index is 1.33. The second-order valence-electron chi connectivity index (χ2n) is 10.5. The number of rotatable bonds is 5. The molecule has 37 heavy (non-hydrogen) atoms. The molecule has 1 aliphatic heterocycles. The average Bonchev–Trinajstić information content (AvgIpc) is 3.33. The van der Waals surface area contributed by atoms with Gasteiger partial charge in [-0.1, -0.05) is 25.3 Å². The summed E-state index contributed by atoms with van der Waals surface area (Å²) in [4.78, 5) is 10.9. The smallest absolute Gasteiger partial charge is 0.178 e. The molecule has 1 saturated carbocycles. The first kappa shape index (κ1) is 24.3. The van der Waals surface area contributed by atoms with Crippen LogP contribution in [0.25, 0.3) is 21.3 Å². The van der Waals surface area contributed by atoms with Crippen LogP contribution >= 0.6 is 11.3 Å². The Kier molecular flexibility index (Phi) is 6.57. The van der Waals surface area contributed by atoms with Crippen molar-refractivity contribution in [3.8, 4) is 17.0 Å². The lowest BCUT2D eigenvalue weighted by molar-refractivity contribution is 0.287. The van der Waals surface area contributed by atoms with E-state index in [0.29, 0.717) is 42.6 Å². The Bertz CT molecular complexity index is 1440. The summed E-state index contributed by atoms with van der Waals surface area (Å²) in [5, 5.41) is 3.65. The Hall–Kier alpha value is -3.06. The van der Waals surface area contributed by atoms with E-state index in [0.717, 1.165) is 5.56 Å². The molecular formula is C30H31F2N3OS. The number of benzene rings is 2. The van der Waals surface area contributed by atoms with Crippen LogP contribution in [0.2, 0.25) is 0 Å². The van der Waals surface area contributed by atoms with Gasteiger partial charge in [0.1, 0.15) is 18.1 Å². The summed E-state index contributed by atoms with van der Waals surface area (Å²) in [5.41, 5.74) is 3.69. The summed E-state index contributed by atoms with van der Waals surface area (Å²) in [7, 11) is 0. The molecule has 4 nitrogen and oxygen atoms in total. The largest absolute Gasteiger partial charge is 0.486 e. The monoisotopic (exact) mass is 519 g/mol. The second-order valence-corrected chi connectivity index (χ2v) is 11.4. The van der Waals surface area contributed by atoms with Crippen LogP contribution in [-0.2, 0) is 6.42 Å². The first-order valence-corrected chi connectivity index (χ1v) is 14.1. The highest BCUT2D eigenvalue weighted by atomic mass is 32.1. The van der Waals surface area contributed by atoms with Gasteiger partial charge in [-0.05, 0) is 78.8 Å². The fraction of sp³-hybridized carbons (Fsp3) is 0.400. The maximum absolute atomic E-state index is 15.0. The molecule has 0 atom stereocenters. The Morgan fingerprint density at radius 1 is 1.08 bits per heavy atom. The van der Waals surface area contributed by atoms with Crippen LogP contribution in [0.5, 0.6) is 5.75 Å². The number of fused-ring (bicyclic) bond motifs is 2. The van der Waals surface area contributed by atoms with E-state index in [1.807, 2.05) is 25.2 Å². The summed E-state index contributed by atoms with van der Waals surface area (Å²) in [6.07, 6.45) is 8.15. The minimum Gasteiger partial charge on any atom is -0.486 e. The van der Waals surface area contributed by atoms with Crippen molar-refractivity contribution in [1.82, 2.24) is 9.97 Å². The second kappa shape index (κ2) is 10.0. The third-order valence-electron chi connectivity index (χ3n) is 7.68. The normalized spacial score (nSPS) is 16.3. The van der Waals surface area contributed by atoms with E-state index in [1.165, 1.54) is 60.0 Å². The molecule has 2 aromatic carbocycles. The molecule has 7 heteroatoms. The average molecular weight is 520 g/mol. The molecule has 0 unspecified atom stereocenters. The molecule has 0 bridgehead atoms. The predicted octanol–water partition coefficient (Wildman–Crippen LogP) is 7.88. The van der Waals surface area contributed by atoms with Gasteiger partial charge in [-0.25, -0.2) is 18.7 Å². The van der Waals surface area contributed by atoms with Gasteiger partial charge in [0, 0.05) is 22.7 Å². The zero-order valence-corrected chi connectivity index (χ0v) is 22.1. The van der Waals surface area contributed by atoms with Crippen LogP contribution in [-0.4, -0.2) is 29.2 Å². The number of aromatic nitrogens is 2. The van der Waals surface area contributed by atoms with Crippen LogP contribution in [0.3, 0.4) is 0 Å². The number of ether oxygens (including phenoxy) is 1. The zero-order chi connectivity index (χ0) is 25.5. The fourth-order valence-electron chi connectivity index (χ4n) is 5.78. The summed E-state index contributed by atoms with van der Waals surface area (Å²) in [6, 6.07) is 9.77.